The number of benzene rings is 2. The van der Waals surface area contributed by atoms with Gasteiger partial charge in [-0.1, -0.05) is 17.7 Å². The highest BCUT2D eigenvalue weighted by molar-refractivity contribution is 7.07. The van der Waals surface area contributed by atoms with E-state index in [-0.39, 0.29) is 20.5 Å². The lowest BCUT2D eigenvalue weighted by Gasteiger charge is -2.28. The van der Waals surface area contributed by atoms with Crippen LogP contribution in [0, 0.1) is 32.8 Å². The third-order valence-corrected chi connectivity index (χ3v) is 6.88. The van der Waals surface area contributed by atoms with Crippen molar-refractivity contribution < 1.29 is 4.92 Å². The molecule has 0 bridgehead atoms. The highest BCUT2D eigenvalue weighted by atomic mass is 35.5. The van der Waals surface area contributed by atoms with E-state index >= 15 is 0 Å². The molecule has 34 heavy (non-hydrogen) atoms. The van der Waals surface area contributed by atoms with Crippen LogP contribution >= 0.6 is 22.9 Å². The lowest BCUT2D eigenvalue weighted by atomic mass is 10.1. The Morgan fingerprint density at radius 2 is 1.76 bits per heavy atom. The summed E-state index contributed by atoms with van der Waals surface area (Å²) in [7, 11) is 0. The number of aromatic nitrogens is 1. The molecule has 2 heterocycles. The van der Waals surface area contributed by atoms with Gasteiger partial charge in [0.05, 0.1) is 15.1 Å². The molecule has 0 amide bonds. The van der Waals surface area contributed by atoms with Gasteiger partial charge in [-0.05, 0) is 61.2 Å². The van der Waals surface area contributed by atoms with Gasteiger partial charge in [-0.25, -0.2) is 0 Å². The molecule has 0 atom stereocenters. The minimum absolute atomic E-state index is 0.0215. The second-order valence-electron chi connectivity index (χ2n) is 7.68. The van der Waals surface area contributed by atoms with Crippen LogP contribution in [0.15, 0.2) is 47.3 Å². The van der Waals surface area contributed by atoms with Crippen molar-refractivity contribution in [2.45, 2.75) is 19.3 Å². The third kappa shape index (κ3) is 4.58. The van der Waals surface area contributed by atoms with Crippen LogP contribution < -0.4 is 19.7 Å². The van der Waals surface area contributed by atoms with Crippen LogP contribution in [0.2, 0.25) is 5.02 Å². The maximum atomic E-state index is 13.3. The molecule has 3 aromatic rings. The first-order valence-corrected chi connectivity index (χ1v) is 11.7. The standard InChI is InChI=1S/C24H18ClN5O3S/c25-18-5-7-19(8-6-18)29-23(31)22(34-24(29)17(14-26)15-27)13-16-4-9-20(21(12-16)30(32)33)28-10-2-1-3-11-28/h4-9,12-13H,1-3,10-11H2. The van der Waals surface area contributed by atoms with Gasteiger partial charge in [0, 0.05) is 24.2 Å². The van der Waals surface area contributed by atoms with Crippen molar-refractivity contribution >= 4 is 46.0 Å². The number of hydrogen-bond acceptors (Lipinski definition) is 7. The number of thiazole rings is 1. The van der Waals surface area contributed by atoms with E-state index in [1.54, 1.807) is 42.5 Å². The van der Waals surface area contributed by atoms with Gasteiger partial charge < -0.3 is 4.90 Å². The molecule has 1 aliphatic heterocycles. The van der Waals surface area contributed by atoms with E-state index in [1.165, 1.54) is 10.6 Å². The molecule has 0 unspecified atom stereocenters. The van der Waals surface area contributed by atoms with Crippen molar-refractivity contribution in [2.75, 3.05) is 18.0 Å². The van der Waals surface area contributed by atoms with Crippen molar-refractivity contribution in [3.05, 3.63) is 82.7 Å². The molecule has 2 aromatic carbocycles. The zero-order valence-electron chi connectivity index (χ0n) is 17.9. The number of piperidine rings is 1. The fourth-order valence-corrected chi connectivity index (χ4v) is 5.11. The minimum Gasteiger partial charge on any atom is -0.366 e. The molecule has 4 rings (SSSR count). The molecule has 0 N–H and O–H groups in total. The highest BCUT2D eigenvalue weighted by Crippen LogP contribution is 2.31. The Morgan fingerprint density at radius 3 is 2.38 bits per heavy atom. The van der Waals surface area contributed by atoms with E-state index in [9.17, 15) is 25.4 Å². The quantitative estimate of drug-likeness (QED) is 0.407. The summed E-state index contributed by atoms with van der Waals surface area (Å²) < 4.78 is 1.71. The van der Waals surface area contributed by atoms with E-state index in [2.05, 4.69) is 0 Å². The van der Waals surface area contributed by atoms with Crippen LogP contribution in [0.1, 0.15) is 24.8 Å². The second kappa shape index (κ2) is 9.92. The Labute approximate surface area is 203 Å². The largest absolute Gasteiger partial charge is 0.366 e. The van der Waals surface area contributed by atoms with Crippen molar-refractivity contribution in [3.8, 4) is 17.8 Å². The Hall–Kier alpha value is -3.92. The van der Waals surface area contributed by atoms with Crippen LogP contribution in [0.25, 0.3) is 17.3 Å². The van der Waals surface area contributed by atoms with E-state index in [1.807, 2.05) is 17.0 Å². The molecular weight excluding hydrogens is 474 g/mol. The van der Waals surface area contributed by atoms with Gasteiger partial charge in [0.1, 0.15) is 22.5 Å². The predicted octanol–water partition coefficient (Wildman–Crippen LogP) is 3.48. The molecule has 1 aromatic heterocycles. The first kappa shape index (κ1) is 23.2. The molecule has 0 spiro atoms. The summed E-state index contributed by atoms with van der Waals surface area (Å²) in [5.41, 5.74) is 0.839. The summed E-state index contributed by atoms with van der Waals surface area (Å²) in [6, 6.07) is 15.0. The zero-order chi connectivity index (χ0) is 24.2. The Bertz CT molecular complexity index is 1500. The number of halogens is 1. The number of nitriles is 2. The second-order valence-corrected chi connectivity index (χ2v) is 9.15. The van der Waals surface area contributed by atoms with E-state index < -0.39 is 10.5 Å². The van der Waals surface area contributed by atoms with Crippen molar-refractivity contribution in [1.82, 2.24) is 4.57 Å². The lowest BCUT2D eigenvalue weighted by molar-refractivity contribution is -0.384. The monoisotopic (exact) mass is 491 g/mol. The molecule has 170 valence electrons. The van der Waals surface area contributed by atoms with Crippen LogP contribution in [0.3, 0.4) is 0 Å². The molecule has 1 aliphatic rings. The van der Waals surface area contributed by atoms with Gasteiger partial charge in [0.15, 0.2) is 5.57 Å². The number of nitro benzene ring substituents is 1. The molecule has 0 saturated carbocycles. The summed E-state index contributed by atoms with van der Waals surface area (Å²) in [5, 5.41) is 31.1. The number of hydrogen-bond donors (Lipinski definition) is 0. The summed E-state index contributed by atoms with van der Waals surface area (Å²) in [6.45, 7) is 1.54. The molecule has 1 saturated heterocycles. The summed E-state index contributed by atoms with van der Waals surface area (Å²) in [5.74, 6) is 0. The summed E-state index contributed by atoms with van der Waals surface area (Å²) in [6.07, 6.45) is 4.64. The molecule has 0 aliphatic carbocycles. The predicted molar refractivity (Wildman–Crippen MR) is 132 cm³/mol. The summed E-state index contributed by atoms with van der Waals surface area (Å²) in [4.78, 5) is 26.7. The Morgan fingerprint density at radius 1 is 1.09 bits per heavy atom. The van der Waals surface area contributed by atoms with Crippen LogP contribution in [-0.4, -0.2) is 22.6 Å². The van der Waals surface area contributed by atoms with Gasteiger partial charge in [-0.3, -0.25) is 19.5 Å². The normalized spacial score (nSPS) is 13.9. The summed E-state index contributed by atoms with van der Waals surface area (Å²) >= 11 is 6.94. The number of rotatable bonds is 4. The average Bonchev–Trinajstić information content (AvgIpc) is 3.16. The number of nitro groups is 1. The molecule has 0 radical (unpaired) electrons. The average molecular weight is 492 g/mol. The van der Waals surface area contributed by atoms with Gasteiger partial charge in [-0.2, -0.15) is 10.5 Å². The van der Waals surface area contributed by atoms with E-state index in [0.29, 0.717) is 22.0 Å². The van der Waals surface area contributed by atoms with Gasteiger partial charge in [0.2, 0.25) is 0 Å². The fourth-order valence-electron chi connectivity index (χ4n) is 3.93. The Kier molecular flexibility index (Phi) is 6.78. The first-order chi connectivity index (χ1) is 16.4. The molecular formula is C24H18ClN5O3S. The van der Waals surface area contributed by atoms with Crippen molar-refractivity contribution in [3.63, 3.8) is 0 Å². The van der Waals surface area contributed by atoms with Gasteiger partial charge in [-0.15, -0.1) is 11.3 Å². The molecule has 10 heteroatoms. The van der Waals surface area contributed by atoms with Crippen LogP contribution in [0.4, 0.5) is 11.4 Å². The number of nitrogens with zero attached hydrogens (tertiary/aromatic N) is 5. The van der Waals surface area contributed by atoms with Crippen LogP contribution in [-0.2, 0) is 0 Å². The molecule has 1 fully saturated rings. The third-order valence-electron chi connectivity index (χ3n) is 5.54. The van der Waals surface area contributed by atoms with Crippen LogP contribution in [0.5, 0.6) is 0 Å². The first-order valence-electron chi connectivity index (χ1n) is 10.5. The smallest absolute Gasteiger partial charge is 0.293 e. The molecule has 8 nitrogen and oxygen atoms in total. The lowest BCUT2D eigenvalue weighted by Crippen LogP contribution is -2.30. The fraction of sp³-hybridized carbons (Fsp3) is 0.208. The van der Waals surface area contributed by atoms with Gasteiger partial charge in [0.25, 0.3) is 11.2 Å². The van der Waals surface area contributed by atoms with E-state index in [4.69, 9.17) is 11.6 Å². The van der Waals surface area contributed by atoms with Crippen molar-refractivity contribution in [1.29, 1.82) is 10.5 Å². The maximum Gasteiger partial charge on any atom is 0.293 e. The number of anilines is 1. The zero-order valence-corrected chi connectivity index (χ0v) is 19.5. The maximum absolute atomic E-state index is 13.3. The van der Waals surface area contributed by atoms with Crippen molar-refractivity contribution in [2.24, 2.45) is 0 Å². The van der Waals surface area contributed by atoms with E-state index in [0.717, 1.165) is 43.7 Å². The SMILES string of the molecule is N#CC(C#N)=c1sc(=Cc2ccc(N3CCCCC3)c([N+](=O)[O-])c2)c(=O)n1-c1ccc(Cl)cc1. The highest BCUT2D eigenvalue weighted by Gasteiger charge is 2.21. The minimum atomic E-state index is -0.437. The van der Waals surface area contributed by atoms with Gasteiger partial charge >= 0.3 is 0 Å². The Balaban J connectivity index is 1.90. The topological polar surface area (TPSA) is 116 Å².